The summed E-state index contributed by atoms with van der Waals surface area (Å²) in [5.74, 6) is 1.80. The highest BCUT2D eigenvalue weighted by atomic mass is 32.2. The first-order valence-corrected chi connectivity index (χ1v) is 12.4. The Labute approximate surface area is 207 Å². The van der Waals surface area contributed by atoms with Crippen molar-refractivity contribution in [3.8, 4) is 11.5 Å². The number of rotatable bonds is 7. The van der Waals surface area contributed by atoms with Crippen LogP contribution < -0.4 is 20.7 Å². The first kappa shape index (κ1) is 23.7. The number of aliphatic hydroxyl groups excluding tert-OH is 2. The third kappa shape index (κ3) is 4.75. The fraction of sp³-hybridized carbons (Fsp3) is 0.455. The summed E-state index contributed by atoms with van der Waals surface area (Å²) in [7, 11) is 2.02. The third-order valence-corrected chi connectivity index (χ3v) is 7.70. The van der Waals surface area contributed by atoms with Crippen LogP contribution in [0.1, 0.15) is 19.3 Å². The Morgan fingerprint density at radius 2 is 2.00 bits per heavy atom. The van der Waals surface area contributed by atoms with Crippen molar-refractivity contribution >= 4 is 48.0 Å². The molecule has 4 N–H and O–H groups in total. The van der Waals surface area contributed by atoms with Crippen LogP contribution in [0.3, 0.4) is 0 Å². The van der Waals surface area contributed by atoms with E-state index in [2.05, 4.69) is 14.5 Å². The molecule has 1 atom stereocenters. The maximum atomic E-state index is 12.1. The summed E-state index contributed by atoms with van der Waals surface area (Å²) in [4.78, 5) is 28.1. The van der Waals surface area contributed by atoms with Gasteiger partial charge in [-0.3, -0.25) is 4.79 Å². The quantitative estimate of drug-likeness (QED) is 0.365. The fourth-order valence-corrected chi connectivity index (χ4v) is 5.50. The standard InChI is InChI=1S/C22H27BN6O5S/c23-13-7-15-16(34-11-33-15)8-17(13)35-22-27-18-19(24)25-10-26-20(18)29(22)6-3-12-1-4-28(5-2-12)21(32)14(31)9-30/h7-8,10,12,14,30-31H,1-6,9,11,23H2,(H2,24,25,26)/t14-/m0/s1. The lowest BCUT2D eigenvalue weighted by Gasteiger charge is -2.33. The van der Waals surface area contributed by atoms with Gasteiger partial charge in [0.15, 0.2) is 39.7 Å². The van der Waals surface area contributed by atoms with Crippen molar-refractivity contribution in [1.82, 2.24) is 24.4 Å². The van der Waals surface area contributed by atoms with Crippen molar-refractivity contribution < 1.29 is 24.5 Å². The Morgan fingerprint density at radius 3 is 2.74 bits per heavy atom. The van der Waals surface area contributed by atoms with E-state index in [1.807, 2.05) is 20.0 Å². The van der Waals surface area contributed by atoms with Crippen molar-refractivity contribution in [2.75, 3.05) is 32.2 Å². The summed E-state index contributed by atoms with van der Waals surface area (Å²) in [6.07, 6.45) is 2.66. The van der Waals surface area contributed by atoms with Crippen molar-refractivity contribution in [2.24, 2.45) is 5.92 Å². The Morgan fingerprint density at radius 1 is 1.26 bits per heavy atom. The molecule has 3 aromatic rings. The number of fused-ring (bicyclic) bond motifs is 2. The van der Waals surface area contributed by atoms with Gasteiger partial charge >= 0.3 is 0 Å². The molecular weight excluding hydrogens is 471 g/mol. The Bertz CT molecular complexity index is 1250. The van der Waals surface area contributed by atoms with Crippen LogP contribution in [0, 0.1) is 5.92 Å². The number of nitrogens with two attached hydrogens (primary N) is 1. The highest BCUT2D eigenvalue weighted by Gasteiger charge is 2.27. The van der Waals surface area contributed by atoms with Gasteiger partial charge in [-0.05, 0) is 37.3 Å². The molecule has 35 heavy (non-hydrogen) atoms. The first-order valence-electron chi connectivity index (χ1n) is 11.6. The summed E-state index contributed by atoms with van der Waals surface area (Å²) >= 11 is 1.53. The van der Waals surface area contributed by atoms with Gasteiger partial charge in [0.05, 0.1) is 6.61 Å². The molecule has 2 aliphatic heterocycles. The van der Waals surface area contributed by atoms with Gasteiger partial charge in [0, 0.05) is 24.5 Å². The minimum absolute atomic E-state index is 0.219. The maximum absolute atomic E-state index is 12.1. The number of aliphatic hydroxyl groups is 2. The minimum atomic E-state index is -1.34. The monoisotopic (exact) mass is 498 g/mol. The third-order valence-electron chi connectivity index (χ3n) is 6.54. The molecule has 1 amide bonds. The Balaban J connectivity index is 1.33. The van der Waals surface area contributed by atoms with E-state index in [1.54, 1.807) is 4.90 Å². The van der Waals surface area contributed by atoms with Crippen molar-refractivity contribution in [1.29, 1.82) is 0 Å². The zero-order valence-electron chi connectivity index (χ0n) is 19.4. The number of hydrogen-bond acceptors (Lipinski definition) is 10. The molecular formula is C22H27BN6O5S. The summed E-state index contributed by atoms with van der Waals surface area (Å²) in [6, 6.07) is 3.93. The largest absolute Gasteiger partial charge is 0.454 e. The number of likely N-dealkylation sites (tertiary alicyclic amines) is 1. The predicted octanol–water partition coefficient (Wildman–Crippen LogP) is -0.471. The number of carbonyl (C=O) groups is 1. The minimum Gasteiger partial charge on any atom is -0.454 e. The number of nitrogens with zero attached hydrogens (tertiary/aromatic N) is 5. The van der Waals surface area contributed by atoms with E-state index in [1.165, 1.54) is 18.1 Å². The first-order chi connectivity index (χ1) is 16.9. The van der Waals surface area contributed by atoms with E-state index < -0.39 is 18.6 Å². The second-order valence-electron chi connectivity index (χ2n) is 8.81. The molecule has 0 aliphatic carbocycles. The summed E-state index contributed by atoms with van der Waals surface area (Å²) in [5, 5.41) is 19.4. The second kappa shape index (κ2) is 9.92. The lowest BCUT2D eigenvalue weighted by atomic mass is 9.93. The van der Waals surface area contributed by atoms with Gasteiger partial charge in [-0.2, -0.15) is 0 Å². The molecule has 0 spiro atoms. The zero-order chi connectivity index (χ0) is 24.5. The molecule has 13 heteroatoms. The van der Waals surface area contributed by atoms with E-state index in [4.69, 9.17) is 25.3 Å². The van der Waals surface area contributed by atoms with Crippen LogP contribution in [-0.4, -0.2) is 81.0 Å². The van der Waals surface area contributed by atoms with E-state index in [-0.39, 0.29) is 6.79 Å². The van der Waals surface area contributed by atoms with Crippen LogP contribution in [0.25, 0.3) is 11.2 Å². The highest BCUT2D eigenvalue weighted by Crippen LogP contribution is 2.37. The van der Waals surface area contributed by atoms with Gasteiger partial charge in [-0.15, -0.1) is 0 Å². The lowest BCUT2D eigenvalue weighted by molar-refractivity contribution is -0.143. The van der Waals surface area contributed by atoms with Crippen LogP contribution >= 0.6 is 11.8 Å². The number of piperidine rings is 1. The fourth-order valence-electron chi connectivity index (χ4n) is 4.49. The molecule has 2 aromatic heterocycles. The van der Waals surface area contributed by atoms with Gasteiger partial charge in [0.2, 0.25) is 6.79 Å². The van der Waals surface area contributed by atoms with Crippen LogP contribution in [0.4, 0.5) is 5.82 Å². The molecule has 5 rings (SSSR count). The number of anilines is 1. The number of aromatic nitrogens is 4. The van der Waals surface area contributed by atoms with Crippen LogP contribution in [-0.2, 0) is 11.3 Å². The summed E-state index contributed by atoms with van der Waals surface area (Å²) in [6.45, 7) is 1.49. The molecule has 1 aromatic carbocycles. The van der Waals surface area contributed by atoms with E-state index >= 15 is 0 Å². The Kier molecular flexibility index (Phi) is 6.72. The molecule has 2 aliphatic rings. The molecule has 0 unspecified atom stereocenters. The molecule has 184 valence electrons. The van der Waals surface area contributed by atoms with Crippen molar-refractivity contribution in [2.45, 2.75) is 42.0 Å². The van der Waals surface area contributed by atoms with Gasteiger partial charge in [0.25, 0.3) is 5.91 Å². The smallest absolute Gasteiger partial charge is 0.253 e. The van der Waals surface area contributed by atoms with Gasteiger partial charge in [-0.25, -0.2) is 15.0 Å². The predicted molar refractivity (Wildman–Crippen MR) is 132 cm³/mol. The topological polar surface area (TPSA) is 149 Å². The summed E-state index contributed by atoms with van der Waals surface area (Å²) < 4.78 is 13.1. The average molecular weight is 498 g/mol. The highest BCUT2D eigenvalue weighted by molar-refractivity contribution is 7.99. The van der Waals surface area contributed by atoms with Crippen LogP contribution in [0.2, 0.25) is 0 Å². The van der Waals surface area contributed by atoms with Gasteiger partial charge in [0.1, 0.15) is 14.2 Å². The van der Waals surface area contributed by atoms with Crippen LogP contribution in [0.5, 0.6) is 11.5 Å². The zero-order valence-corrected chi connectivity index (χ0v) is 20.2. The molecule has 0 radical (unpaired) electrons. The lowest BCUT2D eigenvalue weighted by Crippen LogP contribution is -2.45. The van der Waals surface area contributed by atoms with E-state index in [0.717, 1.165) is 40.5 Å². The Hall–Kier alpha value is -3.03. The van der Waals surface area contributed by atoms with Gasteiger partial charge in [-0.1, -0.05) is 17.2 Å². The van der Waals surface area contributed by atoms with E-state index in [9.17, 15) is 9.90 Å². The number of aryl methyl sites for hydroxylation is 1. The molecule has 11 nitrogen and oxygen atoms in total. The average Bonchev–Trinajstić information content (AvgIpc) is 3.47. The number of imidazole rings is 1. The number of nitrogen functional groups attached to an aromatic ring is 1. The number of carbonyl (C=O) groups excluding carboxylic acids is 1. The molecule has 1 saturated heterocycles. The van der Waals surface area contributed by atoms with Gasteiger partial charge < -0.3 is 34.9 Å². The maximum Gasteiger partial charge on any atom is 0.253 e. The second-order valence-corrected chi connectivity index (χ2v) is 9.81. The molecule has 4 heterocycles. The number of benzene rings is 1. The number of ether oxygens (including phenoxy) is 2. The van der Waals surface area contributed by atoms with Crippen LogP contribution in [0.15, 0.2) is 28.5 Å². The molecule has 1 fully saturated rings. The van der Waals surface area contributed by atoms with E-state index in [0.29, 0.717) is 48.3 Å². The normalized spacial score (nSPS) is 16.7. The SMILES string of the molecule is Bc1cc2c(cc1Sc1nc3c(N)ncnc3n1CCC1CCN(C(=O)[C@@H](O)CO)CC1)OCO2. The van der Waals surface area contributed by atoms with Crippen molar-refractivity contribution in [3.63, 3.8) is 0 Å². The molecule has 0 bridgehead atoms. The summed E-state index contributed by atoms with van der Waals surface area (Å²) in [5.41, 5.74) is 8.43. The van der Waals surface area contributed by atoms with Crippen molar-refractivity contribution in [3.05, 3.63) is 18.5 Å². The molecule has 0 saturated carbocycles. The number of hydrogen-bond donors (Lipinski definition) is 3. The number of amides is 1.